The van der Waals surface area contributed by atoms with Crippen LogP contribution in [0.4, 0.5) is 22.1 Å². The van der Waals surface area contributed by atoms with Gasteiger partial charge in [0.1, 0.15) is 11.5 Å². The Morgan fingerprint density at radius 2 is 1.63 bits per heavy atom. The highest BCUT2D eigenvalue weighted by atomic mass is 16.5. The number of fused-ring (bicyclic) bond motifs is 1. The second-order valence-electron chi connectivity index (χ2n) is 10.5. The van der Waals surface area contributed by atoms with Gasteiger partial charge in [-0.2, -0.15) is 4.98 Å². The molecule has 0 atom stereocenters. The third-order valence-electron chi connectivity index (χ3n) is 5.96. The largest absolute Gasteiger partial charge is 0.495 e. The number of hydrogen-bond acceptors (Lipinski definition) is 6. The van der Waals surface area contributed by atoms with E-state index >= 15 is 0 Å². The van der Waals surface area contributed by atoms with Crippen LogP contribution in [0.1, 0.15) is 40.2 Å². The number of nitrogens with one attached hydrogen (secondary N) is 3. The quantitative estimate of drug-likeness (QED) is 0.226. The summed E-state index contributed by atoms with van der Waals surface area (Å²) in [6.07, 6.45) is 1.66. The topological polar surface area (TPSA) is 97.4 Å². The lowest BCUT2D eigenvalue weighted by Gasteiger charge is -2.21. The average molecular weight is 514 g/mol. The van der Waals surface area contributed by atoms with E-state index in [1.165, 1.54) is 0 Å². The number of hydrogen-bond donors (Lipinski definition) is 3. The van der Waals surface area contributed by atoms with Crippen LogP contribution in [0.5, 0.6) is 17.4 Å². The Hall–Kier alpha value is -4.33. The van der Waals surface area contributed by atoms with Crippen molar-refractivity contribution in [1.82, 2.24) is 9.97 Å². The standard InChI is InChI=1S/C30H35N5O3/c1-19(2)18-32-28-31-16-15-27(35-28)38-25-14-12-23(21-9-7-8-10-22(21)25)33-29(36)34-24-17-20(30(3,4)5)11-13-26(24)37-6/h7-17,19H,18H2,1-6H3,(H,31,32,35)(H2,33,34,36). The fourth-order valence-corrected chi connectivity index (χ4v) is 3.91. The molecule has 0 bridgehead atoms. The molecule has 3 N–H and O–H groups in total. The molecular formula is C30H35N5O3. The number of amides is 2. The van der Waals surface area contributed by atoms with Crippen molar-refractivity contribution in [3.8, 4) is 17.4 Å². The molecule has 2 amide bonds. The maximum Gasteiger partial charge on any atom is 0.323 e. The summed E-state index contributed by atoms with van der Waals surface area (Å²) in [6, 6.07) is 18.5. The van der Waals surface area contributed by atoms with Gasteiger partial charge in [0.15, 0.2) is 0 Å². The fraction of sp³-hybridized carbons (Fsp3) is 0.300. The normalized spacial score (nSPS) is 11.3. The molecule has 1 heterocycles. The number of aromatic nitrogens is 2. The Bertz CT molecular complexity index is 1430. The molecular weight excluding hydrogens is 478 g/mol. The molecule has 0 unspecified atom stereocenters. The Morgan fingerprint density at radius 1 is 0.921 bits per heavy atom. The molecule has 3 aromatic carbocycles. The number of rotatable bonds is 8. The van der Waals surface area contributed by atoms with Crippen LogP contribution in [0.25, 0.3) is 10.8 Å². The first-order valence-corrected chi connectivity index (χ1v) is 12.7. The smallest absolute Gasteiger partial charge is 0.323 e. The highest BCUT2D eigenvalue weighted by molar-refractivity contribution is 6.08. The van der Waals surface area contributed by atoms with E-state index in [4.69, 9.17) is 9.47 Å². The lowest BCUT2D eigenvalue weighted by atomic mass is 9.87. The van der Waals surface area contributed by atoms with Gasteiger partial charge in [-0.15, -0.1) is 0 Å². The zero-order valence-electron chi connectivity index (χ0n) is 22.8. The number of urea groups is 1. The molecule has 0 spiro atoms. The van der Waals surface area contributed by atoms with Gasteiger partial charge in [0, 0.05) is 29.6 Å². The second kappa shape index (κ2) is 11.4. The van der Waals surface area contributed by atoms with E-state index in [1.807, 2.05) is 54.6 Å². The summed E-state index contributed by atoms with van der Waals surface area (Å²) in [5.41, 5.74) is 2.28. The van der Waals surface area contributed by atoms with Crippen LogP contribution in [0.2, 0.25) is 0 Å². The van der Waals surface area contributed by atoms with Crippen molar-refractivity contribution in [3.63, 3.8) is 0 Å². The minimum absolute atomic E-state index is 0.0693. The molecule has 0 saturated heterocycles. The molecule has 0 saturated carbocycles. The van der Waals surface area contributed by atoms with Gasteiger partial charge in [0.2, 0.25) is 11.8 Å². The van der Waals surface area contributed by atoms with Crippen molar-refractivity contribution in [2.45, 2.75) is 40.0 Å². The molecule has 0 fully saturated rings. The van der Waals surface area contributed by atoms with Gasteiger partial charge in [-0.3, -0.25) is 0 Å². The van der Waals surface area contributed by atoms with E-state index in [9.17, 15) is 4.79 Å². The van der Waals surface area contributed by atoms with Gasteiger partial charge in [0.05, 0.1) is 18.5 Å². The third-order valence-corrected chi connectivity index (χ3v) is 5.96. The predicted molar refractivity (Wildman–Crippen MR) is 154 cm³/mol. The summed E-state index contributed by atoms with van der Waals surface area (Å²) in [5, 5.41) is 10.8. The summed E-state index contributed by atoms with van der Waals surface area (Å²) >= 11 is 0. The van der Waals surface area contributed by atoms with Gasteiger partial charge < -0.3 is 25.4 Å². The summed E-state index contributed by atoms with van der Waals surface area (Å²) < 4.78 is 11.6. The number of benzene rings is 3. The lowest BCUT2D eigenvalue weighted by Crippen LogP contribution is -2.21. The van der Waals surface area contributed by atoms with Crippen molar-refractivity contribution >= 4 is 34.1 Å². The molecule has 8 heteroatoms. The average Bonchev–Trinajstić information content (AvgIpc) is 2.88. The minimum Gasteiger partial charge on any atom is -0.495 e. The number of carbonyl (C=O) groups excluding carboxylic acids is 1. The number of anilines is 3. The molecule has 0 aliphatic carbocycles. The lowest BCUT2D eigenvalue weighted by molar-refractivity contribution is 0.262. The van der Waals surface area contributed by atoms with Crippen LogP contribution in [0, 0.1) is 5.92 Å². The Kier molecular flexibility index (Phi) is 8.00. The SMILES string of the molecule is COc1ccc(C(C)(C)C)cc1NC(=O)Nc1ccc(Oc2ccnc(NCC(C)C)n2)c2ccccc12. The second-order valence-corrected chi connectivity index (χ2v) is 10.5. The number of nitrogens with zero attached hydrogens (tertiary/aromatic N) is 2. The van der Waals surface area contributed by atoms with Gasteiger partial charge in [-0.1, -0.05) is 65.0 Å². The van der Waals surface area contributed by atoms with Crippen molar-refractivity contribution in [3.05, 3.63) is 72.4 Å². The molecule has 0 aliphatic rings. The molecule has 4 rings (SSSR count). The van der Waals surface area contributed by atoms with Gasteiger partial charge >= 0.3 is 6.03 Å². The summed E-state index contributed by atoms with van der Waals surface area (Å²) in [7, 11) is 1.59. The van der Waals surface area contributed by atoms with Crippen LogP contribution >= 0.6 is 0 Å². The molecule has 0 aliphatic heterocycles. The maximum atomic E-state index is 13.0. The first kappa shape index (κ1) is 26.7. The van der Waals surface area contributed by atoms with Crippen LogP contribution in [-0.4, -0.2) is 29.7 Å². The number of ether oxygens (including phenoxy) is 2. The highest BCUT2D eigenvalue weighted by Crippen LogP contribution is 2.35. The maximum absolute atomic E-state index is 13.0. The van der Waals surface area contributed by atoms with E-state index in [2.05, 4.69) is 60.5 Å². The summed E-state index contributed by atoms with van der Waals surface area (Å²) in [5.74, 6) is 2.63. The fourth-order valence-electron chi connectivity index (χ4n) is 3.91. The van der Waals surface area contributed by atoms with E-state index in [0.717, 1.165) is 22.9 Å². The van der Waals surface area contributed by atoms with E-state index < -0.39 is 0 Å². The van der Waals surface area contributed by atoms with E-state index in [-0.39, 0.29) is 11.4 Å². The predicted octanol–water partition coefficient (Wildman–Crippen LogP) is 7.44. The van der Waals surface area contributed by atoms with Crippen molar-refractivity contribution in [2.24, 2.45) is 5.92 Å². The van der Waals surface area contributed by atoms with Crippen LogP contribution in [0.15, 0.2) is 66.9 Å². The summed E-state index contributed by atoms with van der Waals surface area (Å²) in [4.78, 5) is 21.8. The first-order chi connectivity index (χ1) is 18.1. The van der Waals surface area contributed by atoms with Crippen molar-refractivity contribution in [1.29, 1.82) is 0 Å². The van der Waals surface area contributed by atoms with Crippen LogP contribution in [0.3, 0.4) is 0 Å². The Labute approximate surface area is 223 Å². The first-order valence-electron chi connectivity index (χ1n) is 12.7. The van der Waals surface area contributed by atoms with Crippen LogP contribution in [-0.2, 0) is 5.41 Å². The molecule has 4 aromatic rings. The molecule has 198 valence electrons. The van der Waals surface area contributed by atoms with Crippen molar-refractivity contribution in [2.75, 3.05) is 29.6 Å². The number of carbonyl (C=O) groups is 1. The number of methoxy groups -OCH3 is 1. The molecule has 0 radical (unpaired) electrons. The molecule has 8 nitrogen and oxygen atoms in total. The zero-order valence-corrected chi connectivity index (χ0v) is 22.8. The van der Waals surface area contributed by atoms with E-state index in [1.54, 1.807) is 19.4 Å². The monoisotopic (exact) mass is 513 g/mol. The van der Waals surface area contributed by atoms with E-state index in [0.29, 0.717) is 40.6 Å². The highest BCUT2D eigenvalue weighted by Gasteiger charge is 2.18. The third kappa shape index (κ3) is 6.51. The Balaban J connectivity index is 1.56. The van der Waals surface area contributed by atoms with Crippen LogP contribution < -0.4 is 25.4 Å². The van der Waals surface area contributed by atoms with Gasteiger partial charge in [0.25, 0.3) is 0 Å². The Morgan fingerprint density at radius 3 is 2.34 bits per heavy atom. The minimum atomic E-state index is -0.371. The zero-order chi connectivity index (χ0) is 27.3. The summed E-state index contributed by atoms with van der Waals surface area (Å²) in [6.45, 7) is 11.4. The van der Waals surface area contributed by atoms with Crippen molar-refractivity contribution < 1.29 is 14.3 Å². The molecule has 1 aromatic heterocycles. The van der Waals surface area contributed by atoms with Gasteiger partial charge in [-0.05, 0) is 41.2 Å². The van der Waals surface area contributed by atoms with Gasteiger partial charge in [-0.25, -0.2) is 9.78 Å². The molecule has 38 heavy (non-hydrogen) atoms.